The number of rotatable bonds is 8. The summed E-state index contributed by atoms with van der Waals surface area (Å²) in [6, 6.07) is 0. The van der Waals surface area contributed by atoms with E-state index >= 15 is 0 Å². The van der Waals surface area contributed by atoms with Crippen LogP contribution in [-0.2, 0) is 38.4 Å². The van der Waals surface area contributed by atoms with Crippen molar-refractivity contribution in [3.8, 4) is 0 Å². The van der Waals surface area contributed by atoms with E-state index in [1.165, 1.54) is 13.8 Å². The van der Waals surface area contributed by atoms with Crippen molar-refractivity contribution in [1.29, 1.82) is 0 Å². The number of nitrogens with one attached hydrogen (secondary N) is 1. The maximum atomic E-state index is 12.6. The molecule has 5 rings (SSSR count). The number of aliphatic hydroxyl groups is 1. The van der Waals surface area contributed by atoms with Gasteiger partial charge in [0.05, 0.1) is 6.42 Å². The van der Waals surface area contributed by atoms with E-state index in [0.717, 1.165) is 19.3 Å². The number of hydrogen-bond acceptors (Lipinski definition) is 9. The summed E-state index contributed by atoms with van der Waals surface area (Å²) in [6.07, 6.45) is -0.0108. The number of ether oxygens (including phenoxy) is 3. The number of hydrogen-bond donors (Lipinski definition) is 3. The lowest BCUT2D eigenvalue weighted by Crippen LogP contribution is -2.70. The summed E-state index contributed by atoms with van der Waals surface area (Å²) in [5.74, 6) is -2.83. The minimum atomic E-state index is -1.63. The van der Waals surface area contributed by atoms with Gasteiger partial charge in [-0.15, -0.1) is 0 Å². The molecule has 1 spiro atoms. The lowest BCUT2D eigenvalue weighted by atomic mass is 9.58. The minimum Gasteiger partial charge on any atom is -0.479 e. The van der Waals surface area contributed by atoms with Crippen LogP contribution in [0.3, 0.4) is 0 Å². The predicted molar refractivity (Wildman–Crippen MR) is 123 cm³/mol. The summed E-state index contributed by atoms with van der Waals surface area (Å²) >= 11 is 0. The van der Waals surface area contributed by atoms with Crippen LogP contribution in [0.2, 0.25) is 0 Å². The summed E-state index contributed by atoms with van der Waals surface area (Å²) in [4.78, 5) is 47.7. The lowest BCUT2D eigenvalue weighted by Gasteiger charge is -2.59. The quantitative estimate of drug-likeness (QED) is 0.325. The second-order valence-electron chi connectivity index (χ2n) is 11.8. The van der Waals surface area contributed by atoms with Crippen molar-refractivity contribution in [2.45, 2.75) is 103 Å². The maximum Gasteiger partial charge on any atom is 0.333 e. The van der Waals surface area contributed by atoms with Crippen LogP contribution in [0.25, 0.3) is 0 Å². The maximum absolute atomic E-state index is 12.6. The van der Waals surface area contributed by atoms with Crippen LogP contribution in [0.5, 0.6) is 0 Å². The van der Waals surface area contributed by atoms with E-state index in [1.807, 2.05) is 13.8 Å². The Hall–Kier alpha value is -1.79. The first-order valence-corrected chi connectivity index (χ1v) is 12.9. The third-order valence-electron chi connectivity index (χ3n) is 8.62. The van der Waals surface area contributed by atoms with Gasteiger partial charge in [0.15, 0.2) is 18.0 Å². The van der Waals surface area contributed by atoms with Crippen molar-refractivity contribution < 1.29 is 48.6 Å². The molecular formula is C25H39NO10. The van der Waals surface area contributed by atoms with Crippen molar-refractivity contribution in [1.82, 2.24) is 5.32 Å². The van der Waals surface area contributed by atoms with Gasteiger partial charge in [-0.05, 0) is 38.0 Å². The molecule has 9 atom stereocenters. The first-order chi connectivity index (χ1) is 16.8. The topological polar surface area (TPSA) is 150 Å². The molecule has 5 fully saturated rings. The Morgan fingerprint density at radius 2 is 1.83 bits per heavy atom. The third-order valence-corrected chi connectivity index (χ3v) is 8.62. The van der Waals surface area contributed by atoms with E-state index in [2.05, 4.69) is 12.2 Å². The Labute approximate surface area is 211 Å². The normalized spacial score (nSPS) is 40.5. The zero-order chi connectivity index (χ0) is 26.5. The highest BCUT2D eigenvalue weighted by Crippen LogP contribution is 2.60. The first-order valence-electron chi connectivity index (χ1n) is 12.9. The van der Waals surface area contributed by atoms with Gasteiger partial charge in [0.1, 0.15) is 0 Å². The van der Waals surface area contributed by atoms with E-state index in [4.69, 9.17) is 29.1 Å². The Balaban J connectivity index is 1.35. The van der Waals surface area contributed by atoms with E-state index in [1.54, 1.807) is 0 Å². The fourth-order valence-electron chi connectivity index (χ4n) is 6.26. The smallest absolute Gasteiger partial charge is 0.333 e. The van der Waals surface area contributed by atoms with E-state index in [-0.39, 0.29) is 37.1 Å². The molecule has 3 N–H and O–H groups in total. The predicted octanol–water partition coefficient (Wildman–Crippen LogP) is 2.11. The van der Waals surface area contributed by atoms with Crippen LogP contribution in [0, 0.1) is 29.1 Å². The van der Waals surface area contributed by atoms with Crippen LogP contribution >= 0.6 is 0 Å². The Morgan fingerprint density at radius 1 is 1.11 bits per heavy atom. The molecule has 0 aromatic rings. The molecule has 36 heavy (non-hydrogen) atoms. The zero-order valence-corrected chi connectivity index (χ0v) is 21.7. The molecule has 1 aliphatic carbocycles. The van der Waals surface area contributed by atoms with Crippen molar-refractivity contribution in [3.63, 3.8) is 0 Å². The average Bonchev–Trinajstić information content (AvgIpc) is 3.05. The molecule has 204 valence electrons. The van der Waals surface area contributed by atoms with Gasteiger partial charge in [-0.1, -0.05) is 27.7 Å². The summed E-state index contributed by atoms with van der Waals surface area (Å²) in [5.41, 5.74) is -1.82. The number of aliphatic carboxylic acids is 1. The monoisotopic (exact) mass is 513 g/mol. The third kappa shape index (κ3) is 4.88. The number of fused-ring (bicyclic) bond motifs is 2. The van der Waals surface area contributed by atoms with Crippen molar-refractivity contribution >= 4 is 17.8 Å². The number of carbonyl (C=O) groups is 3. The highest BCUT2D eigenvalue weighted by Gasteiger charge is 2.69. The molecule has 11 nitrogen and oxygen atoms in total. The fraction of sp³-hybridized carbons (Fsp3) is 0.880. The number of esters is 1. The van der Waals surface area contributed by atoms with Crippen LogP contribution in [-0.4, -0.2) is 64.7 Å². The number of carbonyl (C=O) groups excluding carboxylic acids is 2. The van der Waals surface area contributed by atoms with Crippen LogP contribution in [0.1, 0.15) is 73.1 Å². The number of amides is 1. The van der Waals surface area contributed by atoms with Crippen LogP contribution in [0.4, 0.5) is 0 Å². The van der Waals surface area contributed by atoms with Crippen molar-refractivity contribution in [2.75, 3.05) is 6.54 Å². The van der Waals surface area contributed by atoms with Crippen LogP contribution in [0.15, 0.2) is 0 Å². The summed E-state index contributed by atoms with van der Waals surface area (Å²) in [7, 11) is 0. The van der Waals surface area contributed by atoms with Gasteiger partial charge in [-0.25, -0.2) is 14.6 Å². The van der Waals surface area contributed by atoms with Gasteiger partial charge < -0.3 is 29.7 Å². The lowest BCUT2D eigenvalue weighted by molar-refractivity contribution is -0.576. The first kappa shape index (κ1) is 27.3. The largest absolute Gasteiger partial charge is 0.479 e. The molecule has 4 saturated heterocycles. The standard InChI is InChI=1S/C25H39NO10/c1-13-6-7-16-14(2)21(33-22-25(16)15(13)10-11-24(5,34-22)35-36-25)32-18(28)9-8-17(27)26-12-23(3,4)19(29)20(30)31/h13-16,19,21-22,29H,6-12H2,1-5H3,(H,26,27)(H,30,31)/t13-,14-,15+,16+,19+,21-,22-,24+,25-/m1/s1. The molecule has 0 radical (unpaired) electrons. The Bertz CT molecular complexity index is 879. The SMILES string of the molecule is C[C@H]1[C@H](OC(=O)CCC(=O)NCC(C)(C)[C@@H](O)C(=O)O)O[C@@H]2O[C@]3(C)CC[C@H]4[C@H](C)CC[C@@H]1[C@@]24OO3. The molecule has 1 saturated carbocycles. The molecular weight excluding hydrogens is 474 g/mol. The summed E-state index contributed by atoms with van der Waals surface area (Å²) in [5, 5.41) is 21.3. The van der Waals surface area contributed by atoms with Crippen molar-refractivity contribution in [2.24, 2.45) is 29.1 Å². The Kier molecular flexibility index (Phi) is 7.44. The highest BCUT2D eigenvalue weighted by atomic mass is 17.3. The molecule has 4 aliphatic heterocycles. The van der Waals surface area contributed by atoms with Crippen LogP contribution < -0.4 is 5.32 Å². The molecule has 0 aromatic carbocycles. The molecule has 0 unspecified atom stereocenters. The van der Waals surface area contributed by atoms with Gasteiger partial charge in [0.2, 0.25) is 18.0 Å². The van der Waals surface area contributed by atoms with Gasteiger partial charge >= 0.3 is 11.9 Å². The van der Waals surface area contributed by atoms with Crippen molar-refractivity contribution in [3.05, 3.63) is 0 Å². The summed E-state index contributed by atoms with van der Waals surface area (Å²) < 4.78 is 18.1. The average molecular weight is 514 g/mol. The summed E-state index contributed by atoms with van der Waals surface area (Å²) in [6.45, 7) is 9.04. The molecule has 0 aromatic heterocycles. The minimum absolute atomic E-state index is 0.0177. The number of carboxylic acids is 1. The molecule has 1 amide bonds. The van der Waals surface area contributed by atoms with Gasteiger partial charge in [-0.2, -0.15) is 0 Å². The van der Waals surface area contributed by atoms with Gasteiger partial charge in [0.25, 0.3) is 0 Å². The zero-order valence-electron chi connectivity index (χ0n) is 21.7. The fourth-order valence-corrected chi connectivity index (χ4v) is 6.26. The molecule has 2 bridgehead atoms. The highest BCUT2D eigenvalue weighted by molar-refractivity contribution is 5.81. The van der Waals surface area contributed by atoms with Gasteiger partial charge in [0, 0.05) is 36.6 Å². The van der Waals surface area contributed by atoms with Gasteiger partial charge in [-0.3, -0.25) is 9.59 Å². The molecule has 4 heterocycles. The number of carboxylic acid groups (broad SMARTS) is 1. The number of aliphatic hydroxyl groups excluding tert-OH is 1. The molecule has 5 aliphatic rings. The Morgan fingerprint density at radius 3 is 2.53 bits per heavy atom. The second-order valence-corrected chi connectivity index (χ2v) is 11.8. The van der Waals surface area contributed by atoms with E-state index in [0.29, 0.717) is 12.3 Å². The second kappa shape index (κ2) is 9.83. The van der Waals surface area contributed by atoms with E-state index < -0.39 is 53.3 Å². The molecule has 11 heteroatoms. The van der Waals surface area contributed by atoms with E-state index in [9.17, 15) is 19.5 Å².